The number of hydrogen-bond acceptors (Lipinski definition) is 5. The minimum atomic E-state index is -0.466. The first-order valence-corrected chi connectivity index (χ1v) is 11.2. The summed E-state index contributed by atoms with van der Waals surface area (Å²) in [5.41, 5.74) is 2.65. The van der Waals surface area contributed by atoms with Gasteiger partial charge in [0.2, 0.25) is 11.8 Å². The van der Waals surface area contributed by atoms with Crippen LogP contribution in [0, 0.1) is 0 Å². The Labute approximate surface area is 182 Å². The van der Waals surface area contributed by atoms with Crippen molar-refractivity contribution in [1.29, 1.82) is 0 Å². The number of hydrogen-bond donors (Lipinski definition) is 0. The van der Waals surface area contributed by atoms with Crippen LogP contribution >= 0.6 is 0 Å². The van der Waals surface area contributed by atoms with Gasteiger partial charge in [-0.1, -0.05) is 30.3 Å². The highest BCUT2D eigenvalue weighted by Crippen LogP contribution is 2.41. The quantitative estimate of drug-likeness (QED) is 0.746. The lowest BCUT2D eigenvalue weighted by atomic mass is 9.83. The molecule has 0 radical (unpaired) electrons. The van der Waals surface area contributed by atoms with Crippen molar-refractivity contribution in [3.63, 3.8) is 0 Å². The Hall–Kier alpha value is -2.80. The number of amides is 2. The van der Waals surface area contributed by atoms with Crippen molar-refractivity contribution in [1.82, 2.24) is 19.8 Å². The van der Waals surface area contributed by atoms with Gasteiger partial charge >= 0.3 is 0 Å². The first-order valence-electron chi connectivity index (χ1n) is 11.2. The van der Waals surface area contributed by atoms with E-state index in [0.29, 0.717) is 44.9 Å². The van der Waals surface area contributed by atoms with E-state index in [1.165, 1.54) is 0 Å². The third kappa shape index (κ3) is 3.61. The number of carbonyl (C=O) groups excluding carboxylic acids is 2. The molecule has 1 unspecified atom stereocenters. The van der Waals surface area contributed by atoms with E-state index in [9.17, 15) is 9.59 Å². The molecule has 1 aromatic carbocycles. The van der Waals surface area contributed by atoms with Gasteiger partial charge in [-0.25, -0.2) is 9.97 Å². The number of piperidine rings is 1. The van der Waals surface area contributed by atoms with E-state index in [0.717, 1.165) is 36.1 Å². The standard InChI is InChI=1S/C24H28N4O3/c1-17(29)28-12-5-8-20(28)23(30)27-13-10-24(11-14-27)21-19(9-15-31-24)16-25-22(26-21)18-6-3-2-4-7-18/h2-4,6-7,16,20H,5,8-15H2,1H3. The van der Waals surface area contributed by atoms with E-state index >= 15 is 0 Å². The fourth-order valence-electron chi connectivity index (χ4n) is 5.22. The number of carbonyl (C=O) groups is 2. The van der Waals surface area contributed by atoms with Gasteiger partial charge in [-0.2, -0.15) is 0 Å². The van der Waals surface area contributed by atoms with Gasteiger partial charge in [0, 0.05) is 38.3 Å². The summed E-state index contributed by atoms with van der Waals surface area (Å²) in [6.45, 7) is 4.11. The monoisotopic (exact) mass is 420 g/mol. The number of likely N-dealkylation sites (tertiary alicyclic amines) is 2. The van der Waals surface area contributed by atoms with Crippen molar-refractivity contribution in [2.75, 3.05) is 26.2 Å². The van der Waals surface area contributed by atoms with Gasteiger partial charge in [0.25, 0.3) is 0 Å². The van der Waals surface area contributed by atoms with Crippen LogP contribution in [0.2, 0.25) is 0 Å². The van der Waals surface area contributed by atoms with Crippen molar-refractivity contribution >= 4 is 11.8 Å². The fraction of sp³-hybridized carbons (Fsp3) is 0.500. The number of fused-ring (bicyclic) bond motifs is 2. The molecule has 2 aromatic rings. The molecule has 1 aromatic heterocycles. The van der Waals surface area contributed by atoms with Crippen molar-refractivity contribution < 1.29 is 14.3 Å². The maximum absolute atomic E-state index is 13.1. The molecule has 4 heterocycles. The van der Waals surface area contributed by atoms with Crippen molar-refractivity contribution in [2.45, 2.75) is 50.7 Å². The molecule has 2 fully saturated rings. The van der Waals surface area contributed by atoms with Crippen LogP contribution in [-0.4, -0.2) is 63.9 Å². The Kier molecular flexibility index (Phi) is 5.22. The fourth-order valence-corrected chi connectivity index (χ4v) is 5.22. The molecule has 3 aliphatic heterocycles. The smallest absolute Gasteiger partial charge is 0.245 e. The van der Waals surface area contributed by atoms with Gasteiger partial charge in [-0.3, -0.25) is 9.59 Å². The second kappa shape index (κ2) is 8.04. The molecule has 5 rings (SSSR count). The molecule has 1 atom stereocenters. The van der Waals surface area contributed by atoms with E-state index in [2.05, 4.69) is 4.98 Å². The molecule has 7 heteroatoms. The molecule has 2 amide bonds. The van der Waals surface area contributed by atoms with E-state index < -0.39 is 5.60 Å². The molecule has 0 saturated carbocycles. The van der Waals surface area contributed by atoms with Gasteiger partial charge < -0.3 is 14.5 Å². The highest BCUT2D eigenvalue weighted by Gasteiger charge is 2.45. The van der Waals surface area contributed by atoms with Crippen LogP contribution in [0.3, 0.4) is 0 Å². The largest absolute Gasteiger partial charge is 0.368 e. The Bertz CT molecular complexity index is 986. The molecule has 162 valence electrons. The molecule has 0 N–H and O–H groups in total. The molecule has 7 nitrogen and oxygen atoms in total. The molecule has 3 aliphatic rings. The molecular weight excluding hydrogens is 392 g/mol. The van der Waals surface area contributed by atoms with Gasteiger partial charge in [-0.15, -0.1) is 0 Å². The van der Waals surface area contributed by atoms with Crippen LogP contribution in [-0.2, 0) is 26.3 Å². The Morgan fingerprint density at radius 3 is 2.65 bits per heavy atom. The van der Waals surface area contributed by atoms with Crippen LogP contribution in [0.4, 0.5) is 0 Å². The highest BCUT2D eigenvalue weighted by molar-refractivity contribution is 5.87. The number of nitrogens with zero attached hydrogens (tertiary/aromatic N) is 4. The number of aromatic nitrogens is 2. The molecule has 1 spiro atoms. The summed E-state index contributed by atoms with van der Waals surface area (Å²) in [7, 11) is 0. The molecular formula is C24H28N4O3. The zero-order valence-electron chi connectivity index (χ0n) is 17.9. The summed E-state index contributed by atoms with van der Waals surface area (Å²) in [6.07, 6.45) is 5.82. The lowest BCUT2D eigenvalue weighted by Crippen LogP contribution is -2.53. The van der Waals surface area contributed by atoms with E-state index in [-0.39, 0.29) is 17.9 Å². The molecule has 2 saturated heterocycles. The number of benzene rings is 1. The van der Waals surface area contributed by atoms with Crippen LogP contribution in [0.5, 0.6) is 0 Å². The van der Waals surface area contributed by atoms with E-state index in [1.54, 1.807) is 11.8 Å². The number of ether oxygens (including phenoxy) is 1. The lowest BCUT2D eigenvalue weighted by Gasteiger charge is -2.44. The normalized spacial score (nSPS) is 22.4. The van der Waals surface area contributed by atoms with Crippen molar-refractivity contribution in [3.05, 3.63) is 47.8 Å². The number of rotatable bonds is 2. The minimum absolute atomic E-state index is 0.0148. The van der Waals surface area contributed by atoms with Gasteiger partial charge in [0.1, 0.15) is 11.6 Å². The van der Waals surface area contributed by atoms with Crippen LogP contribution in [0.1, 0.15) is 43.9 Å². The SMILES string of the molecule is CC(=O)N1CCCC1C(=O)N1CCC2(CC1)OCCc1cnc(-c3ccccc3)nc12. The summed E-state index contributed by atoms with van der Waals surface area (Å²) < 4.78 is 6.34. The highest BCUT2D eigenvalue weighted by atomic mass is 16.5. The second-order valence-electron chi connectivity index (χ2n) is 8.72. The van der Waals surface area contributed by atoms with E-state index in [4.69, 9.17) is 9.72 Å². The van der Waals surface area contributed by atoms with Gasteiger partial charge in [0.05, 0.1) is 12.3 Å². The maximum atomic E-state index is 13.1. The molecule has 31 heavy (non-hydrogen) atoms. The van der Waals surface area contributed by atoms with Crippen molar-refractivity contribution in [3.8, 4) is 11.4 Å². The third-order valence-electron chi connectivity index (χ3n) is 6.90. The van der Waals surface area contributed by atoms with Gasteiger partial charge in [0.15, 0.2) is 5.82 Å². The predicted octanol–water partition coefficient (Wildman–Crippen LogP) is 2.54. The summed E-state index contributed by atoms with van der Waals surface area (Å²) >= 11 is 0. The lowest BCUT2D eigenvalue weighted by molar-refractivity contribution is -0.149. The average molecular weight is 421 g/mol. The second-order valence-corrected chi connectivity index (χ2v) is 8.72. The zero-order chi connectivity index (χ0) is 21.4. The average Bonchev–Trinajstić information content (AvgIpc) is 3.30. The van der Waals surface area contributed by atoms with Crippen molar-refractivity contribution in [2.24, 2.45) is 0 Å². The minimum Gasteiger partial charge on any atom is -0.368 e. The summed E-state index contributed by atoms with van der Waals surface area (Å²) in [5, 5.41) is 0. The third-order valence-corrected chi connectivity index (χ3v) is 6.90. The maximum Gasteiger partial charge on any atom is 0.245 e. The summed E-state index contributed by atoms with van der Waals surface area (Å²) in [6, 6.07) is 9.68. The zero-order valence-corrected chi connectivity index (χ0v) is 17.9. The molecule has 0 bridgehead atoms. The topological polar surface area (TPSA) is 75.6 Å². The van der Waals surface area contributed by atoms with Crippen LogP contribution < -0.4 is 0 Å². The van der Waals surface area contributed by atoms with E-state index in [1.807, 2.05) is 41.4 Å². The first-order chi connectivity index (χ1) is 15.1. The van der Waals surface area contributed by atoms with Gasteiger partial charge in [-0.05, 0) is 37.7 Å². The molecule has 0 aliphatic carbocycles. The Morgan fingerprint density at radius 2 is 1.90 bits per heavy atom. The summed E-state index contributed by atoms with van der Waals surface area (Å²) in [4.78, 5) is 38.2. The van der Waals surface area contributed by atoms with Crippen LogP contribution in [0.15, 0.2) is 36.5 Å². The summed E-state index contributed by atoms with van der Waals surface area (Å²) in [5.74, 6) is 0.774. The predicted molar refractivity (Wildman–Crippen MR) is 115 cm³/mol. The Balaban J connectivity index is 1.36. The Morgan fingerprint density at radius 1 is 1.13 bits per heavy atom. The first kappa shape index (κ1) is 20.1. The van der Waals surface area contributed by atoms with Crippen LogP contribution in [0.25, 0.3) is 11.4 Å².